The van der Waals surface area contributed by atoms with Gasteiger partial charge in [0.2, 0.25) is 5.82 Å². The quantitative estimate of drug-likeness (QED) is 0.607. The average molecular weight is 445 g/mol. The molecule has 1 aromatic heterocycles. The maximum atomic E-state index is 6.37. The van der Waals surface area contributed by atoms with Crippen molar-refractivity contribution in [3.63, 3.8) is 0 Å². The second kappa shape index (κ2) is 9.29. The second-order valence-corrected chi connectivity index (χ2v) is 9.58. The van der Waals surface area contributed by atoms with Gasteiger partial charge in [0, 0.05) is 15.6 Å². The summed E-state index contributed by atoms with van der Waals surface area (Å²) in [5.74, 6) is 0.827. The van der Waals surface area contributed by atoms with Crippen LogP contribution >= 0.6 is 23.2 Å². The van der Waals surface area contributed by atoms with Crippen molar-refractivity contribution < 1.29 is 4.90 Å². The first-order chi connectivity index (χ1) is 14.2. The zero-order chi connectivity index (χ0) is 21.9. The first kappa shape index (κ1) is 22.5. The predicted molar refractivity (Wildman–Crippen MR) is 123 cm³/mol. The number of allylic oxidation sites excluding steroid dienone is 1. The molecule has 0 radical (unpaired) electrons. The number of nitrogens with one attached hydrogen (secondary N) is 1. The van der Waals surface area contributed by atoms with E-state index in [0.29, 0.717) is 10.0 Å². The molecular weight excluding hydrogens is 417 g/mol. The van der Waals surface area contributed by atoms with Gasteiger partial charge in [-0.05, 0) is 33.5 Å². The molecule has 5 nitrogen and oxygen atoms in total. The van der Waals surface area contributed by atoms with Crippen LogP contribution in [0.3, 0.4) is 0 Å². The number of rotatable bonds is 6. The highest BCUT2D eigenvalue weighted by Crippen LogP contribution is 2.34. The van der Waals surface area contributed by atoms with Crippen LogP contribution in [0.25, 0.3) is 6.08 Å². The fraction of sp³-hybridized carbons (Fsp3) is 0.348. The molecule has 2 aromatic carbocycles. The standard InChI is InChI=1S/C23H27Cl2N5/c1-23(2,3)20(14-12-16-11-13-18(24)15-19(16)25)30-22(26-27-28-30)21(29(4)5)17-9-7-6-8-10-17/h6-15,20-21H,1-5H3/p+1/b14-12+/t20-,21-/m1/s1. The van der Waals surface area contributed by atoms with E-state index < -0.39 is 0 Å². The van der Waals surface area contributed by atoms with Gasteiger partial charge < -0.3 is 4.90 Å². The predicted octanol–water partition coefficient (Wildman–Crippen LogP) is 4.51. The van der Waals surface area contributed by atoms with Crippen molar-refractivity contribution in [2.24, 2.45) is 5.41 Å². The largest absolute Gasteiger partial charge is 0.327 e. The van der Waals surface area contributed by atoms with E-state index in [1.165, 1.54) is 10.5 Å². The number of benzene rings is 2. The molecule has 0 saturated carbocycles. The molecule has 1 heterocycles. The Morgan fingerprint density at radius 3 is 2.33 bits per heavy atom. The number of hydrogen-bond donors (Lipinski definition) is 1. The number of nitrogens with zero attached hydrogens (tertiary/aromatic N) is 4. The van der Waals surface area contributed by atoms with Crippen molar-refractivity contribution in [3.8, 4) is 0 Å². The fourth-order valence-electron chi connectivity index (χ4n) is 3.54. The zero-order valence-corrected chi connectivity index (χ0v) is 19.5. The third-order valence-corrected chi connectivity index (χ3v) is 5.62. The van der Waals surface area contributed by atoms with E-state index in [1.807, 2.05) is 41.1 Å². The van der Waals surface area contributed by atoms with Crippen LogP contribution in [0.1, 0.15) is 49.8 Å². The van der Waals surface area contributed by atoms with E-state index in [1.54, 1.807) is 6.07 Å². The lowest BCUT2D eigenvalue weighted by Crippen LogP contribution is -3.06. The summed E-state index contributed by atoms with van der Waals surface area (Å²) in [5.41, 5.74) is 1.95. The van der Waals surface area contributed by atoms with E-state index in [2.05, 4.69) is 68.6 Å². The molecule has 0 fully saturated rings. The van der Waals surface area contributed by atoms with Gasteiger partial charge in [-0.15, -0.1) is 5.10 Å². The first-order valence-corrected chi connectivity index (χ1v) is 10.7. The molecule has 0 amide bonds. The van der Waals surface area contributed by atoms with Crippen molar-refractivity contribution in [1.29, 1.82) is 0 Å². The molecule has 1 N–H and O–H groups in total. The summed E-state index contributed by atoms with van der Waals surface area (Å²) in [6.45, 7) is 6.53. The van der Waals surface area contributed by atoms with Crippen LogP contribution < -0.4 is 4.90 Å². The van der Waals surface area contributed by atoms with Gasteiger partial charge in [0.05, 0.1) is 20.1 Å². The molecule has 2 atom stereocenters. The molecular formula is C23H28Cl2N5+. The molecule has 0 aliphatic heterocycles. The lowest BCUT2D eigenvalue weighted by atomic mass is 9.86. The molecule has 0 aliphatic carbocycles. The minimum Gasteiger partial charge on any atom is -0.327 e. The molecule has 0 bridgehead atoms. The highest BCUT2D eigenvalue weighted by atomic mass is 35.5. The van der Waals surface area contributed by atoms with Gasteiger partial charge in [-0.1, -0.05) is 92.5 Å². The van der Waals surface area contributed by atoms with E-state index >= 15 is 0 Å². The molecule has 30 heavy (non-hydrogen) atoms. The topological polar surface area (TPSA) is 48.0 Å². The Morgan fingerprint density at radius 2 is 1.73 bits per heavy atom. The molecule has 3 aromatic rings. The smallest absolute Gasteiger partial charge is 0.214 e. The van der Waals surface area contributed by atoms with Crippen molar-refractivity contribution in [3.05, 3.63) is 81.6 Å². The Morgan fingerprint density at radius 1 is 1.03 bits per heavy atom. The van der Waals surface area contributed by atoms with Gasteiger partial charge >= 0.3 is 0 Å². The Bertz CT molecular complexity index is 1010. The summed E-state index contributed by atoms with van der Waals surface area (Å²) < 4.78 is 1.94. The molecule has 0 unspecified atom stereocenters. The van der Waals surface area contributed by atoms with E-state index in [0.717, 1.165) is 11.4 Å². The van der Waals surface area contributed by atoms with Gasteiger partial charge in [0.25, 0.3) is 0 Å². The zero-order valence-electron chi connectivity index (χ0n) is 18.0. The average Bonchev–Trinajstić information content (AvgIpc) is 3.12. The van der Waals surface area contributed by atoms with Gasteiger partial charge in [0.1, 0.15) is 0 Å². The lowest BCUT2D eigenvalue weighted by Gasteiger charge is -2.30. The maximum Gasteiger partial charge on any atom is 0.214 e. The summed E-state index contributed by atoms with van der Waals surface area (Å²) >= 11 is 12.4. The molecule has 158 valence electrons. The SMILES string of the molecule is C[NH+](C)[C@H](c1ccccc1)c1nnnn1[C@H](/C=C/c1ccc(Cl)cc1Cl)C(C)(C)C. The highest BCUT2D eigenvalue weighted by molar-refractivity contribution is 6.35. The second-order valence-electron chi connectivity index (χ2n) is 8.74. The van der Waals surface area contributed by atoms with Gasteiger partial charge in [0.15, 0.2) is 6.04 Å². The van der Waals surface area contributed by atoms with Gasteiger partial charge in [-0.2, -0.15) is 0 Å². The van der Waals surface area contributed by atoms with Crippen LogP contribution in [0.15, 0.2) is 54.6 Å². The van der Waals surface area contributed by atoms with Crippen LogP contribution in [0.4, 0.5) is 0 Å². The fourth-order valence-corrected chi connectivity index (χ4v) is 4.01. The van der Waals surface area contributed by atoms with Gasteiger partial charge in [-0.3, -0.25) is 0 Å². The minimum atomic E-state index is -0.123. The number of tetrazole rings is 1. The molecule has 0 spiro atoms. The Hall–Kier alpha value is -2.21. The number of aromatic nitrogens is 4. The van der Waals surface area contributed by atoms with Crippen LogP contribution in [-0.4, -0.2) is 34.3 Å². The molecule has 3 rings (SSSR count). The van der Waals surface area contributed by atoms with Crippen molar-refractivity contribution in [2.45, 2.75) is 32.9 Å². The Kier molecular flexibility index (Phi) is 6.96. The number of quaternary nitrogens is 1. The third-order valence-electron chi connectivity index (χ3n) is 5.06. The van der Waals surface area contributed by atoms with E-state index in [9.17, 15) is 0 Å². The van der Waals surface area contributed by atoms with Crippen LogP contribution in [-0.2, 0) is 0 Å². The summed E-state index contributed by atoms with van der Waals surface area (Å²) in [6.07, 6.45) is 4.13. The highest BCUT2D eigenvalue weighted by Gasteiger charge is 2.33. The summed E-state index contributed by atoms with van der Waals surface area (Å²) in [5, 5.41) is 14.1. The van der Waals surface area contributed by atoms with E-state index in [4.69, 9.17) is 23.2 Å². The van der Waals surface area contributed by atoms with Crippen molar-refractivity contribution in [1.82, 2.24) is 20.2 Å². The van der Waals surface area contributed by atoms with Crippen LogP contribution in [0.2, 0.25) is 10.0 Å². The number of hydrogen-bond acceptors (Lipinski definition) is 3. The summed E-state index contributed by atoms with van der Waals surface area (Å²) in [7, 11) is 4.23. The monoisotopic (exact) mass is 444 g/mol. The lowest BCUT2D eigenvalue weighted by molar-refractivity contribution is -0.886. The summed E-state index contributed by atoms with van der Waals surface area (Å²) in [4.78, 5) is 1.23. The normalized spacial score (nSPS) is 14.4. The molecule has 0 aliphatic rings. The van der Waals surface area contributed by atoms with Crippen molar-refractivity contribution >= 4 is 29.3 Å². The van der Waals surface area contributed by atoms with Gasteiger partial charge in [-0.25, -0.2) is 4.68 Å². The first-order valence-electron chi connectivity index (χ1n) is 9.94. The molecule has 7 heteroatoms. The maximum absolute atomic E-state index is 6.37. The van der Waals surface area contributed by atoms with E-state index in [-0.39, 0.29) is 17.5 Å². The summed E-state index contributed by atoms with van der Waals surface area (Å²) in [6, 6.07) is 15.8. The van der Waals surface area contributed by atoms with Crippen LogP contribution in [0, 0.1) is 5.41 Å². The van der Waals surface area contributed by atoms with Crippen molar-refractivity contribution in [2.75, 3.05) is 14.1 Å². The van der Waals surface area contributed by atoms with Crippen LogP contribution in [0.5, 0.6) is 0 Å². The Balaban J connectivity index is 2.05. The Labute approximate surface area is 188 Å². The molecule has 0 saturated heterocycles. The minimum absolute atomic E-state index is 0.0126. The number of halogens is 2. The third kappa shape index (κ3) is 5.09.